The number of hydrogen-bond donors (Lipinski definition) is 0. The van der Waals surface area contributed by atoms with E-state index in [2.05, 4.69) is 240 Å². The van der Waals surface area contributed by atoms with Crippen molar-refractivity contribution in [3.05, 3.63) is 312 Å². The molecule has 0 fully saturated rings. The number of hydrogen-bond acceptors (Lipinski definition) is 4. The van der Waals surface area contributed by atoms with Crippen LogP contribution < -0.4 is 0 Å². The molecular formula is C68H44N4. The molecular weight excluding hydrogens is 873 g/mol. The van der Waals surface area contributed by atoms with Crippen molar-refractivity contribution >= 4 is 10.8 Å². The van der Waals surface area contributed by atoms with Gasteiger partial charge in [-0.15, -0.1) is 0 Å². The minimum Gasteiger partial charge on any atom is -0.264 e. The second-order valence-electron chi connectivity index (χ2n) is 18.9. The van der Waals surface area contributed by atoms with Crippen LogP contribution in [0.4, 0.5) is 0 Å². The van der Waals surface area contributed by atoms with Crippen LogP contribution in [0.1, 0.15) is 44.5 Å². The topological polar surface area (TPSA) is 51.6 Å². The van der Waals surface area contributed by atoms with Crippen LogP contribution in [0.25, 0.3) is 78.1 Å². The molecule has 0 N–H and O–H groups in total. The van der Waals surface area contributed by atoms with Gasteiger partial charge in [0.05, 0.1) is 33.6 Å². The average molecular weight is 917 g/mol. The van der Waals surface area contributed by atoms with Crippen LogP contribution in [-0.4, -0.2) is 19.9 Å². The summed E-state index contributed by atoms with van der Waals surface area (Å²) < 4.78 is 0. The Bertz CT molecular complexity index is 3670. The maximum atomic E-state index is 5.26. The third-order valence-electron chi connectivity index (χ3n) is 15.2. The zero-order valence-corrected chi connectivity index (χ0v) is 39.2. The molecule has 0 bridgehead atoms. The van der Waals surface area contributed by atoms with E-state index in [4.69, 9.17) is 9.97 Å². The van der Waals surface area contributed by atoms with Crippen LogP contribution >= 0.6 is 0 Å². The minimum atomic E-state index is -0.691. The lowest BCUT2D eigenvalue weighted by Crippen LogP contribution is -2.30. The molecule has 0 radical (unpaired) electrons. The molecule has 2 aliphatic rings. The molecule has 0 saturated carbocycles. The number of aromatic nitrogens is 4. The van der Waals surface area contributed by atoms with E-state index in [0.29, 0.717) is 0 Å². The smallest absolute Gasteiger partial charge is 0.0725 e. The quantitative estimate of drug-likeness (QED) is 0.152. The summed E-state index contributed by atoms with van der Waals surface area (Å²) in [6, 6.07) is 88.9. The first kappa shape index (κ1) is 41.6. The molecule has 0 spiro atoms. The predicted octanol–water partition coefficient (Wildman–Crippen LogP) is 15.8. The largest absolute Gasteiger partial charge is 0.264 e. The molecule has 0 saturated heterocycles. The Hall–Kier alpha value is -9.38. The number of rotatable bonds is 8. The summed E-state index contributed by atoms with van der Waals surface area (Å²) in [5.74, 6) is 0. The monoisotopic (exact) mass is 916 g/mol. The van der Waals surface area contributed by atoms with Crippen molar-refractivity contribution in [2.24, 2.45) is 0 Å². The van der Waals surface area contributed by atoms with Crippen molar-refractivity contribution in [1.29, 1.82) is 0 Å². The van der Waals surface area contributed by atoms with Gasteiger partial charge in [0, 0.05) is 47.0 Å². The van der Waals surface area contributed by atoms with Gasteiger partial charge in [0.2, 0.25) is 0 Å². The lowest BCUT2D eigenvalue weighted by atomic mass is 9.64. The third-order valence-corrected chi connectivity index (χ3v) is 15.2. The van der Waals surface area contributed by atoms with Crippen LogP contribution in [0.5, 0.6) is 0 Å². The second kappa shape index (κ2) is 16.6. The van der Waals surface area contributed by atoms with Crippen molar-refractivity contribution in [2.45, 2.75) is 10.8 Å². The molecule has 336 valence electrons. The van der Waals surface area contributed by atoms with Crippen molar-refractivity contribution < 1.29 is 0 Å². The lowest BCUT2D eigenvalue weighted by Gasteiger charge is -2.37. The van der Waals surface area contributed by atoms with E-state index in [-0.39, 0.29) is 0 Å². The summed E-state index contributed by atoms with van der Waals surface area (Å²) in [5.41, 5.74) is 21.1. The lowest BCUT2D eigenvalue weighted by molar-refractivity contribution is 0.770. The van der Waals surface area contributed by atoms with E-state index in [1.807, 2.05) is 24.5 Å². The first-order valence-corrected chi connectivity index (χ1v) is 24.6. The predicted molar refractivity (Wildman–Crippen MR) is 291 cm³/mol. The van der Waals surface area contributed by atoms with Crippen LogP contribution in [-0.2, 0) is 10.8 Å². The van der Waals surface area contributed by atoms with Gasteiger partial charge in [0.25, 0.3) is 0 Å². The first-order chi connectivity index (χ1) is 35.7. The molecule has 0 atom stereocenters. The van der Waals surface area contributed by atoms with Crippen molar-refractivity contribution in [3.8, 4) is 67.3 Å². The van der Waals surface area contributed by atoms with E-state index in [0.717, 1.165) is 45.0 Å². The Morgan fingerprint density at radius 1 is 0.264 bits per heavy atom. The number of fused-ring (bicyclic) bond motifs is 9. The van der Waals surface area contributed by atoms with Gasteiger partial charge in [-0.1, -0.05) is 182 Å². The van der Waals surface area contributed by atoms with Crippen molar-refractivity contribution in [1.82, 2.24) is 19.9 Å². The molecule has 0 amide bonds. The Morgan fingerprint density at radius 2 is 0.611 bits per heavy atom. The summed E-state index contributed by atoms with van der Waals surface area (Å²) in [7, 11) is 0. The number of nitrogens with zero attached hydrogens (tertiary/aromatic N) is 4. The minimum absolute atomic E-state index is 0.691. The summed E-state index contributed by atoms with van der Waals surface area (Å²) in [5, 5.41) is 2.45. The van der Waals surface area contributed by atoms with E-state index in [1.165, 1.54) is 77.5 Å². The molecule has 2 aliphatic carbocycles. The maximum absolute atomic E-state index is 5.26. The number of pyridine rings is 4. The van der Waals surface area contributed by atoms with Gasteiger partial charge >= 0.3 is 0 Å². The highest BCUT2D eigenvalue weighted by atomic mass is 14.7. The van der Waals surface area contributed by atoms with Gasteiger partial charge in [0.1, 0.15) is 0 Å². The fourth-order valence-electron chi connectivity index (χ4n) is 12.3. The average Bonchev–Trinajstić information content (AvgIpc) is 3.95. The zero-order chi connectivity index (χ0) is 47.6. The first-order valence-electron chi connectivity index (χ1n) is 24.6. The number of benzene rings is 8. The fraction of sp³-hybridized carbons (Fsp3) is 0.0294. The third kappa shape index (κ3) is 6.19. The van der Waals surface area contributed by atoms with Gasteiger partial charge in [-0.25, -0.2) is 9.97 Å². The van der Waals surface area contributed by atoms with Crippen LogP contribution in [0.15, 0.2) is 267 Å². The molecule has 4 heteroatoms. The van der Waals surface area contributed by atoms with Gasteiger partial charge in [-0.05, 0) is 138 Å². The van der Waals surface area contributed by atoms with Crippen LogP contribution in [0.3, 0.4) is 0 Å². The Labute approximate surface area is 418 Å². The Balaban J connectivity index is 1.06. The van der Waals surface area contributed by atoms with Gasteiger partial charge in [-0.2, -0.15) is 0 Å². The summed E-state index contributed by atoms with van der Waals surface area (Å²) in [6.45, 7) is 0. The van der Waals surface area contributed by atoms with Crippen molar-refractivity contribution in [3.63, 3.8) is 0 Å². The maximum Gasteiger partial charge on any atom is 0.0725 e. The van der Waals surface area contributed by atoms with E-state index < -0.39 is 10.8 Å². The van der Waals surface area contributed by atoms with Crippen LogP contribution in [0.2, 0.25) is 0 Å². The molecule has 14 rings (SSSR count). The summed E-state index contributed by atoms with van der Waals surface area (Å²) in [6.07, 6.45) is 7.37. The molecule has 8 aromatic carbocycles. The summed E-state index contributed by atoms with van der Waals surface area (Å²) >= 11 is 0. The molecule has 4 aromatic heterocycles. The highest BCUT2D eigenvalue weighted by Crippen LogP contribution is 2.63. The molecule has 72 heavy (non-hydrogen) atoms. The normalized spacial score (nSPS) is 13.5. The highest BCUT2D eigenvalue weighted by Gasteiger charge is 2.51. The molecule has 4 heterocycles. The molecule has 12 aromatic rings. The van der Waals surface area contributed by atoms with Crippen molar-refractivity contribution in [2.75, 3.05) is 0 Å². The van der Waals surface area contributed by atoms with Crippen LogP contribution in [0, 0.1) is 0 Å². The Morgan fingerprint density at radius 3 is 0.958 bits per heavy atom. The summed E-state index contributed by atoms with van der Waals surface area (Å²) in [4.78, 5) is 19.3. The zero-order valence-electron chi connectivity index (χ0n) is 39.2. The molecule has 4 nitrogen and oxygen atoms in total. The second-order valence-corrected chi connectivity index (χ2v) is 18.9. The van der Waals surface area contributed by atoms with E-state index in [1.54, 1.807) is 12.4 Å². The van der Waals surface area contributed by atoms with E-state index in [9.17, 15) is 0 Å². The van der Waals surface area contributed by atoms with Gasteiger partial charge < -0.3 is 0 Å². The highest BCUT2D eigenvalue weighted by molar-refractivity contribution is 6.07. The van der Waals surface area contributed by atoms with E-state index >= 15 is 0 Å². The Kier molecular flexibility index (Phi) is 9.62. The SMILES string of the molecule is c1ccc(C2(c3ccccc3)c3cc(-c4cccc(-c5cccnc5)n4)ccc3-c3ccc4c5c(ccc4c32)-c2ccc(-c3cccc(-c4cccnc4)n3)cc2C5(c2ccccc2)c2ccccc2)cc1. The van der Waals surface area contributed by atoms with Gasteiger partial charge in [-0.3, -0.25) is 9.97 Å². The molecule has 0 aliphatic heterocycles. The fourth-order valence-corrected chi connectivity index (χ4v) is 12.3. The molecule has 0 unspecified atom stereocenters. The standard InChI is InChI=1S/C68H44N4/c1-5-19-49(20-6-1)67(50-21-7-2-8-22-50)59-41-45(61-27-13-29-63(71-61)47-17-15-39-69-43-47)31-33-53(59)55-35-38-58-57(65(55)67)37-36-56-54-34-32-46(62-28-14-30-64(72-62)48-18-16-40-70-44-48)42-60(54)68(66(56)58,51-23-9-3-10-24-51)52-25-11-4-12-26-52/h1-44H. The van der Waals surface area contributed by atoms with Gasteiger partial charge in [0.15, 0.2) is 0 Å².